The average molecular weight is 371 g/mol. The fourth-order valence-electron chi connectivity index (χ4n) is 2.91. The van der Waals surface area contributed by atoms with Crippen LogP contribution in [0, 0.1) is 0 Å². The van der Waals surface area contributed by atoms with Gasteiger partial charge in [-0.2, -0.15) is 11.3 Å². The molecule has 4 rings (SSSR count). The molecule has 0 spiro atoms. The molecule has 0 aromatic carbocycles. The van der Waals surface area contributed by atoms with Crippen molar-refractivity contribution in [2.24, 2.45) is 0 Å². The number of nitrogens with two attached hydrogens (primary N) is 1. The molecule has 0 aliphatic rings. The van der Waals surface area contributed by atoms with Crippen molar-refractivity contribution in [2.75, 3.05) is 5.73 Å². The van der Waals surface area contributed by atoms with Gasteiger partial charge in [0.2, 0.25) is 0 Å². The highest BCUT2D eigenvalue weighted by Gasteiger charge is 2.18. The number of rotatable bonds is 5. The molecule has 0 bridgehead atoms. The monoisotopic (exact) mass is 371 g/mol. The summed E-state index contributed by atoms with van der Waals surface area (Å²) in [6.07, 6.45) is 6.98. The molecule has 0 fully saturated rings. The summed E-state index contributed by atoms with van der Waals surface area (Å²) in [6.45, 7) is 7.74. The zero-order valence-electron chi connectivity index (χ0n) is 14.5. The Morgan fingerprint density at radius 3 is 2.74 bits per heavy atom. The van der Waals surface area contributed by atoms with Gasteiger partial charge >= 0.3 is 0 Å². The fourth-order valence-corrected chi connectivity index (χ4v) is 3.56. The van der Waals surface area contributed by atoms with E-state index in [-0.39, 0.29) is 0 Å². The summed E-state index contributed by atoms with van der Waals surface area (Å²) in [5.41, 5.74) is 11.1. The van der Waals surface area contributed by atoms with Gasteiger partial charge in [0.1, 0.15) is 11.3 Å². The van der Waals surface area contributed by atoms with E-state index in [1.807, 2.05) is 46.4 Å². The Bertz CT molecular complexity index is 1170. The highest BCUT2D eigenvalue weighted by atomic mass is 32.1. The zero-order valence-corrected chi connectivity index (χ0v) is 15.4. The zero-order chi connectivity index (χ0) is 18.8. The SMILES string of the molecule is C=CC=C(C=C)n1c(-c2cccnc2N)nc2ccc(-c3ccsc3)nc21. The number of imidazole rings is 1. The number of nitrogens with zero attached hydrogens (tertiary/aromatic N) is 4. The van der Waals surface area contributed by atoms with E-state index in [9.17, 15) is 0 Å². The molecule has 0 atom stereocenters. The number of allylic oxidation sites excluding steroid dienone is 4. The summed E-state index contributed by atoms with van der Waals surface area (Å²) in [4.78, 5) is 13.8. The molecule has 5 nitrogen and oxygen atoms in total. The summed E-state index contributed by atoms with van der Waals surface area (Å²) in [7, 11) is 0. The van der Waals surface area contributed by atoms with Crippen LogP contribution < -0.4 is 5.73 Å². The molecule has 4 heterocycles. The van der Waals surface area contributed by atoms with Crippen LogP contribution in [0.15, 0.2) is 78.7 Å². The molecule has 0 aliphatic heterocycles. The molecule has 132 valence electrons. The van der Waals surface area contributed by atoms with Gasteiger partial charge in [0.25, 0.3) is 0 Å². The topological polar surface area (TPSA) is 69.6 Å². The van der Waals surface area contributed by atoms with Crippen molar-refractivity contribution in [2.45, 2.75) is 0 Å². The van der Waals surface area contributed by atoms with Crippen LogP contribution in [0.2, 0.25) is 0 Å². The predicted octanol–water partition coefficient (Wildman–Crippen LogP) is 5.02. The molecular weight excluding hydrogens is 354 g/mol. The van der Waals surface area contributed by atoms with Crippen LogP contribution >= 0.6 is 11.3 Å². The maximum Gasteiger partial charge on any atom is 0.165 e. The maximum absolute atomic E-state index is 6.12. The van der Waals surface area contributed by atoms with Gasteiger partial charge < -0.3 is 5.73 Å². The number of pyridine rings is 2. The van der Waals surface area contributed by atoms with E-state index in [1.165, 1.54) is 0 Å². The lowest BCUT2D eigenvalue weighted by Gasteiger charge is -2.11. The van der Waals surface area contributed by atoms with Gasteiger partial charge in [-0.25, -0.2) is 15.0 Å². The summed E-state index contributed by atoms with van der Waals surface area (Å²) in [5.74, 6) is 1.08. The summed E-state index contributed by atoms with van der Waals surface area (Å²) in [6, 6.07) is 9.73. The van der Waals surface area contributed by atoms with Crippen LogP contribution in [0.3, 0.4) is 0 Å². The number of fused-ring (bicyclic) bond motifs is 1. The van der Waals surface area contributed by atoms with Gasteiger partial charge in [-0.05, 0) is 47.9 Å². The second-order valence-corrected chi connectivity index (χ2v) is 6.57. The van der Waals surface area contributed by atoms with Gasteiger partial charge in [-0.1, -0.05) is 19.2 Å². The minimum atomic E-state index is 0.411. The van der Waals surface area contributed by atoms with Crippen molar-refractivity contribution < 1.29 is 0 Å². The third-order valence-electron chi connectivity index (χ3n) is 4.16. The Morgan fingerprint density at radius 2 is 2.04 bits per heavy atom. The smallest absolute Gasteiger partial charge is 0.165 e. The van der Waals surface area contributed by atoms with Gasteiger partial charge in [0, 0.05) is 22.8 Å². The lowest BCUT2D eigenvalue weighted by atomic mass is 10.2. The van der Waals surface area contributed by atoms with Gasteiger partial charge in [0.05, 0.1) is 11.3 Å². The van der Waals surface area contributed by atoms with Gasteiger partial charge in [0.15, 0.2) is 11.5 Å². The Kier molecular flexibility index (Phi) is 4.40. The lowest BCUT2D eigenvalue weighted by molar-refractivity contribution is 1.11. The van der Waals surface area contributed by atoms with E-state index in [4.69, 9.17) is 15.7 Å². The quantitative estimate of drug-likeness (QED) is 0.500. The standard InChI is InChI=1S/C21H17N5S/c1-3-6-15(4-2)26-20(16-7-5-11-23-19(16)22)25-18-9-8-17(24-21(18)26)14-10-12-27-13-14/h3-13H,1-2H2,(H2,22,23). The molecule has 6 heteroatoms. The predicted molar refractivity (Wildman–Crippen MR) is 113 cm³/mol. The van der Waals surface area contributed by atoms with Crippen LogP contribution in [0.5, 0.6) is 0 Å². The summed E-state index contributed by atoms with van der Waals surface area (Å²) < 4.78 is 1.94. The maximum atomic E-state index is 6.12. The lowest BCUT2D eigenvalue weighted by Crippen LogP contribution is -2.02. The number of hydrogen-bond acceptors (Lipinski definition) is 5. The Labute approximate surface area is 160 Å². The van der Waals surface area contributed by atoms with E-state index >= 15 is 0 Å². The Hall–Kier alpha value is -3.51. The van der Waals surface area contributed by atoms with Crippen LogP contribution in [0.4, 0.5) is 5.82 Å². The summed E-state index contributed by atoms with van der Waals surface area (Å²) >= 11 is 1.64. The fraction of sp³-hybridized carbons (Fsp3) is 0. The molecule has 4 aromatic heterocycles. The minimum absolute atomic E-state index is 0.411. The first kappa shape index (κ1) is 16.9. The third kappa shape index (κ3) is 2.96. The minimum Gasteiger partial charge on any atom is -0.383 e. The van der Waals surface area contributed by atoms with Crippen molar-refractivity contribution in [3.8, 4) is 22.6 Å². The van der Waals surface area contributed by atoms with Crippen LogP contribution in [-0.2, 0) is 0 Å². The summed E-state index contributed by atoms with van der Waals surface area (Å²) in [5, 5.41) is 4.11. The van der Waals surface area contributed by atoms with E-state index < -0.39 is 0 Å². The van der Waals surface area contributed by atoms with E-state index in [1.54, 1.807) is 29.7 Å². The number of thiophene rings is 1. The number of aromatic nitrogens is 4. The van der Waals surface area contributed by atoms with Crippen LogP contribution in [0.1, 0.15) is 0 Å². The second-order valence-electron chi connectivity index (χ2n) is 5.79. The van der Waals surface area contributed by atoms with E-state index in [2.05, 4.69) is 23.5 Å². The highest BCUT2D eigenvalue weighted by Crippen LogP contribution is 2.32. The molecule has 4 aromatic rings. The molecule has 2 N–H and O–H groups in total. The molecular formula is C21H17N5S. The first-order valence-electron chi connectivity index (χ1n) is 8.31. The normalized spacial score (nSPS) is 11.6. The molecule has 27 heavy (non-hydrogen) atoms. The van der Waals surface area contributed by atoms with Crippen molar-refractivity contribution in [3.63, 3.8) is 0 Å². The van der Waals surface area contributed by atoms with Crippen molar-refractivity contribution >= 4 is 34.0 Å². The van der Waals surface area contributed by atoms with Gasteiger partial charge in [-0.3, -0.25) is 4.57 Å². The van der Waals surface area contributed by atoms with Crippen molar-refractivity contribution in [3.05, 3.63) is 78.7 Å². The second kappa shape index (κ2) is 7.01. The number of anilines is 1. The van der Waals surface area contributed by atoms with Gasteiger partial charge in [-0.15, -0.1) is 0 Å². The third-order valence-corrected chi connectivity index (χ3v) is 4.84. The molecule has 0 radical (unpaired) electrons. The molecule has 0 saturated carbocycles. The average Bonchev–Trinajstić information content (AvgIpc) is 3.34. The molecule has 0 amide bonds. The van der Waals surface area contributed by atoms with Crippen LogP contribution in [-0.4, -0.2) is 19.5 Å². The Morgan fingerprint density at radius 1 is 1.15 bits per heavy atom. The first-order valence-corrected chi connectivity index (χ1v) is 9.25. The molecule has 0 unspecified atom stereocenters. The highest BCUT2D eigenvalue weighted by molar-refractivity contribution is 7.08. The largest absolute Gasteiger partial charge is 0.383 e. The molecule has 0 saturated heterocycles. The van der Waals surface area contributed by atoms with Crippen LogP contribution in [0.25, 0.3) is 39.5 Å². The first-order chi connectivity index (χ1) is 13.2. The molecule has 0 aliphatic carbocycles. The Balaban J connectivity index is 2.06. The van der Waals surface area contributed by atoms with E-state index in [0.29, 0.717) is 11.6 Å². The number of nitrogen functional groups attached to an aromatic ring is 1. The van der Waals surface area contributed by atoms with E-state index in [0.717, 1.165) is 33.7 Å². The van der Waals surface area contributed by atoms with Crippen molar-refractivity contribution in [1.29, 1.82) is 0 Å². The van der Waals surface area contributed by atoms with Crippen molar-refractivity contribution in [1.82, 2.24) is 19.5 Å². The number of hydrogen-bond donors (Lipinski definition) is 1.